The van der Waals surface area contributed by atoms with Crippen molar-refractivity contribution in [1.82, 2.24) is 9.55 Å². The third-order valence-electron chi connectivity index (χ3n) is 4.37. The maximum Gasteiger partial charge on any atom is 0.343 e. The highest BCUT2D eigenvalue weighted by Gasteiger charge is 2.22. The van der Waals surface area contributed by atoms with Crippen LogP contribution in [0.4, 0.5) is 0 Å². The Morgan fingerprint density at radius 2 is 2.26 bits per heavy atom. The number of aryl methyl sites for hydroxylation is 2. The monoisotopic (exact) mass is 308 g/mol. The zero-order chi connectivity index (χ0) is 16.0. The van der Waals surface area contributed by atoms with Crippen LogP contribution in [0.1, 0.15) is 29.3 Å². The highest BCUT2D eigenvalue weighted by molar-refractivity contribution is 6.02. The molecule has 5 heteroatoms. The molecule has 3 aromatic rings. The van der Waals surface area contributed by atoms with Gasteiger partial charge in [-0.05, 0) is 37.5 Å². The highest BCUT2D eigenvalue weighted by atomic mass is 16.5. The maximum atomic E-state index is 12.8. The molecule has 0 N–H and O–H groups in total. The number of fused-ring (bicyclic) bond motifs is 2. The Morgan fingerprint density at radius 3 is 3.09 bits per heavy atom. The van der Waals surface area contributed by atoms with Crippen LogP contribution in [0.3, 0.4) is 0 Å². The van der Waals surface area contributed by atoms with Crippen LogP contribution in [0.2, 0.25) is 0 Å². The standard InChI is InChI=1S/C18H16N2O3/c1-2-23-18(22)14-10-20-8-4-6-12-11-5-3-7-19-15(11)9-13(16(12)20)17(14)21/h3,5,7,9-10H,2,4,6,8H2,1H3. The van der Waals surface area contributed by atoms with Crippen molar-refractivity contribution in [1.29, 1.82) is 0 Å². The van der Waals surface area contributed by atoms with Crippen molar-refractivity contribution in [3.05, 3.63) is 51.9 Å². The molecule has 0 spiro atoms. The van der Waals surface area contributed by atoms with Crippen molar-refractivity contribution in [3.63, 3.8) is 0 Å². The normalized spacial score (nSPS) is 13.4. The molecule has 5 nitrogen and oxygen atoms in total. The zero-order valence-corrected chi connectivity index (χ0v) is 12.8. The van der Waals surface area contributed by atoms with Crippen LogP contribution in [-0.4, -0.2) is 22.1 Å². The minimum absolute atomic E-state index is 0.0995. The number of carbonyl (C=O) groups is 1. The Labute approximate surface area is 132 Å². The summed E-state index contributed by atoms with van der Waals surface area (Å²) in [4.78, 5) is 29.3. The number of esters is 1. The van der Waals surface area contributed by atoms with Crippen molar-refractivity contribution in [3.8, 4) is 0 Å². The van der Waals surface area contributed by atoms with E-state index in [-0.39, 0.29) is 17.6 Å². The lowest BCUT2D eigenvalue weighted by Gasteiger charge is -2.22. The van der Waals surface area contributed by atoms with Crippen LogP contribution >= 0.6 is 0 Å². The summed E-state index contributed by atoms with van der Waals surface area (Å²) in [5, 5.41) is 1.63. The van der Waals surface area contributed by atoms with Gasteiger partial charge in [0.15, 0.2) is 0 Å². The van der Waals surface area contributed by atoms with Gasteiger partial charge in [0.2, 0.25) is 5.43 Å². The fraction of sp³-hybridized carbons (Fsp3) is 0.278. The van der Waals surface area contributed by atoms with E-state index in [1.54, 1.807) is 25.4 Å². The third kappa shape index (κ3) is 2.04. The van der Waals surface area contributed by atoms with Gasteiger partial charge >= 0.3 is 5.97 Å². The Bertz CT molecular complexity index is 1000. The lowest BCUT2D eigenvalue weighted by molar-refractivity contribution is 0.0524. The number of carbonyl (C=O) groups excluding carboxylic acids is 1. The molecule has 0 atom stereocenters. The van der Waals surface area contributed by atoms with Gasteiger partial charge in [-0.3, -0.25) is 9.78 Å². The number of aromatic nitrogens is 2. The van der Waals surface area contributed by atoms with Crippen molar-refractivity contribution < 1.29 is 9.53 Å². The number of hydrogen-bond donors (Lipinski definition) is 0. The average molecular weight is 308 g/mol. The minimum Gasteiger partial charge on any atom is -0.462 e. The summed E-state index contributed by atoms with van der Waals surface area (Å²) in [6.45, 7) is 2.78. The molecule has 0 amide bonds. The van der Waals surface area contributed by atoms with E-state index in [4.69, 9.17) is 4.74 Å². The summed E-state index contributed by atoms with van der Waals surface area (Å²) in [7, 11) is 0. The van der Waals surface area contributed by atoms with Crippen LogP contribution in [0.5, 0.6) is 0 Å². The molecule has 2 aromatic heterocycles. The molecular weight excluding hydrogens is 292 g/mol. The summed E-state index contributed by atoms with van der Waals surface area (Å²) >= 11 is 0. The van der Waals surface area contributed by atoms with E-state index in [9.17, 15) is 9.59 Å². The largest absolute Gasteiger partial charge is 0.462 e. The Morgan fingerprint density at radius 1 is 1.39 bits per heavy atom. The molecule has 1 aliphatic heterocycles. The van der Waals surface area contributed by atoms with Gasteiger partial charge in [0.25, 0.3) is 0 Å². The van der Waals surface area contributed by atoms with Crippen molar-refractivity contribution in [2.24, 2.45) is 0 Å². The number of rotatable bonds is 2. The molecule has 4 rings (SSSR count). The molecule has 0 saturated carbocycles. The first-order chi connectivity index (χ1) is 11.2. The first-order valence-corrected chi connectivity index (χ1v) is 7.81. The molecule has 23 heavy (non-hydrogen) atoms. The maximum absolute atomic E-state index is 12.8. The molecule has 0 radical (unpaired) electrons. The molecule has 1 aliphatic rings. The van der Waals surface area contributed by atoms with Gasteiger partial charge in [0.05, 0.1) is 17.6 Å². The van der Waals surface area contributed by atoms with E-state index in [0.717, 1.165) is 41.4 Å². The molecule has 0 unspecified atom stereocenters. The second-order valence-electron chi connectivity index (χ2n) is 5.71. The summed E-state index contributed by atoms with van der Waals surface area (Å²) in [5.41, 5.74) is 2.69. The van der Waals surface area contributed by atoms with Crippen molar-refractivity contribution in [2.45, 2.75) is 26.3 Å². The van der Waals surface area contributed by atoms with Gasteiger partial charge in [-0.15, -0.1) is 0 Å². The first-order valence-electron chi connectivity index (χ1n) is 7.81. The number of pyridine rings is 2. The van der Waals surface area contributed by atoms with E-state index in [1.807, 2.05) is 16.7 Å². The molecule has 3 heterocycles. The molecule has 116 valence electrons. The van der Waals surface area contributed by atoms with Crippen LogP contribution in [0.25, 0.3) is 21.8 Å². The minimum atomic E-state index is -0.559. The lowest BCUT2D eigenvalue weighted by Crippen LogP contribution is -2.23. The van der Waals surface area contributed by atoms with Gasteiger partial charge < -0.3 is 9.30 Å². The van der Waals surface area contributed by atoms with Gasteiger partial charge in [0, 0.05) is 29.7 Å². The molecular formula is C18H16N2O3. The number of benzene rings is 1. The van der Waals surface area contributed by atoms with E-state index in [1.165, 1.54) is 0 Å². The van der Waals surface area contributed by atoms with Crippen LogP contribution in [0.15, 0.2) is 35.4 Å². The lowest BCUT2D eigenvalue weighted by atomic mass is 9.95. The predicted octanol–water partition coefficient (Wildman–Crippen LogP) is 2.67. The Kier molecular flexibility index (Phi) is 3.15. The zero-order valence-electron chi connectivity index (χ0n) is 12.8. The van der Waals surface area contributed by atoms with Crippen LogP contribution < -0.4 is 5.43 Å². The molecule has 1 aromatic carbocycles. The Balaban J connectivity index is 2.14. The average Bonchev–Trinajstić information content (AvgIpc) is 2.58. The topological polar surface area (TPSA) is 61.2 Å². The first kappa shape index (κ1) is 13.9. The predicted molar refractivity (Wildman–Crippen MR) is 87.8 cm³/mol. The quantitative estimate of drug-likeness (QED) is 0.539. The van der Waals surface area contributed by atoms with Gasteiger partial charge in [0.1, 0.15) is 5.56 Å². The van der Waals surface area contributed by atoms with E-state index in [0.29, 0.717) is 5.39 Å². The van der Waals surface area contributed by atoms with Crippen molar-refractivity contribution >= 4 is 27.8 Å². The summed E-state index contributed by atoms with van der Waals surface area (Å²) in [6.07, 6.45) is 5.25. The smallest absolute Gasteiger partial charge is 0.343 e. The van der Waals surface area contributed by atoms with Gasteiger partial charge in [-0.1, -0.05) is 6.07 Å². The van der Waals surface area contributed by atoms with E-state index >= 15 is 0 Å². The third-order valence-corrected chi connectivity index (χ3v) is 4.37. The van der Waals surface area contributed by atoms with E-state index in [2.05, 4.69) is 4.98 Å². The molecule has 0 bridgehead atoms. The molecule has 0 aliphatic carbocycles. The second-order valence-corrected chi connectivity index (χ2v) is 5.71. The van der Waals surface area contributed by atoms with Gasteiger partial charge in [-0.25, -0.2) is 4.79 Å². The van der Waals surface area contributed by atoms with Crippen LogP contribution in [0, 0.1) is 0 Å². The second kappa shape index (κ2) is 5.19. The number of hydrogen-bond acceptors (Lipinski definition) is 4. The van der Waals surface area contributed by atoms with Crippen molar-refractivity contribution in [2.75, 3.05) is 6.61 Å². The summed E-state index contributed by atoms with van der Waals surface area (Å²) in [6, 6.07) is 5.74. The number of nitrogens with zero attached hydrogens (tertiary/aromatic N) is 2. The fourth-order valence-corrected chi connectivity index (χ4v) is 3.42. The summed E-state index contributed by atoms with van der Waals surface area (Å²) < 4.78 is 7.03. The highest BCUT2D eigenvalue weighted by Crippen LogP contribution is 2.30. The fourth-order valence-electron chi connectivity index (χ4n) is 3.42. The van der Waals surface area contributed by atoms with Crippen LogP contribution in [-0.2, 0) is 17.7 Å². The van der Waals surface area contributed by atoms with Gasteiger partial charge in [-0.2, -0.15) is 0 Å². The Hall–Kier alpha value is -2.69. The molecule has 0 saturated heterocycles. The number of ether oxygens (including phenoxy) is 1. The SMILES string of the molecule is CCOC(=O)c1cn2c3c(c4cccnc4cc3c1=O)CCC2. The van der Waals surface area contributed by atoms with E-state index < -0.39 is 5.97 Å². The summed E-state index contributed by atoms with van der Waals surface area (Å²) in [5.74, 6) is -0.559. The molecule has 0 fully saturated rings.